The van der Waals surface area contributed by atoms with Crippen LogP contribution in [-0.2, 0) is 14.3 Å². The number of esters is 1. The molecule has 4 nitrogen and oxygen atoms in total. The van der Waals surface area contributed by atoms with Crippen LogP contribution < -0.4 is 0 Å². The molecule has 0 amide bonds. The van der Waals surface area contributed by atoms with Gasteiger partial charge in [-0.3, -0.25) is 9.69 Å². The van der Waals surface area contributed by atoms with E-state index in [1.165, 1.54) is 26.4 Å². The van der Waals surface area contributed by atoms with Crippen molar-refractivity contribution in [3.63, 3.8) is 0 Å². The molecule has 18 heavy (non-hydrogen) atoms. The molecule has 0 aromatic rings. The zero-order valence-corrected chi connectivity index (χ0v) is 11.6. The summed E-state index contributed by atoms with van der Waals surface area (Å²) in [6.45, 7) is 4.38. The molecule has 1 unspecified atom stereocenters. The van der Waals surface area contributed by atoms with Crippen LogP contribution in [0.5, 0.6) is 0 Å². The summed E-state index contributed by atoms with van der Waals surface area (Å²) in [5.41, 5.74) is 0.144. The van der Waals surface area contributed by atoms with Crippen molar-refractivity contribution < 1.29 is 14.3 Å². The van der Waals surface area contributed by atoms with E-state index in [0.717, 1.165) is 32.4 Å². The number of methoxy groups -OCH3 is 1. The van der Waals surface area contributed by atoms with Gasteiger partial charge in [-0.2, -0.15) is 0 Å². The van der Waals surface area contributed by atoms with Crippen LogP contribution in [0.3, 0.4) is 0 Å². The van der Waals surface area contributed by atoms with Crippen molar-refractivity contribution in [2.24, 2.45) is 0 Å². The van der Waals surface area contributed by atoms with Gasteiger partial charge in [0.05, 0.1) is 19.3 Å². The predicted octanol–water partition coefficient (Wildman–Crippen LogP) is 1.97. The van der Waals surface area contributed by atoms with Gasteiger partial charge in [-0.05, 0) is 45.1 Å². The predicted molar refractivity (Wildman–Crippen MR) is 69.4 cm³/mol. The van der Waals surface area contributed by atoms with Gasteiger partial charge in [-0.25, -0.2) is 0 Å². The highest BCUT2D eigenvalue weighted by molar-refractivity contribution is 5.71. The van der Waals surface area contributed by atoms with Gasteiger partial charge in [-0.15, -0.1) is 0 Å². The van der Waals surface area contributed by atoms with Crippen LogP contribution in [0.1, 0.15) is 45.4 Å². The van der Waals surface area contributed by atoms with Gasteiger partial charge in [0, 0.05) is 12.6 Å². The average Bonchev–Trinajstić information content (AvgIpc) is 2.36. The second-order valence-electron chi connectivity index (χ2n) is 5.58. The van der Waals surface area contributed by atoms with Crippen LogP contribution in [0, 0.1) is 0 Å². The summed E-state index contributed by atoms with van der Waals surface area (Å²) in [4.78, 5) is 13.8. The van der Waals surface area contributed by atoms with E-state index >= 15 is 0 Å². The van der Waals surface area contributed by atoms with E-state index in [-0.39, 0.29) is 11.6 Å². The number of nitrogens with zero attached hydrogens (tertiary/aromatic N) is 1. The number of carbonyl (C=O) groups is 1. The lowest BCUT2D eigenvalue weighted by molar-refractivity contribution is -0.156. The van der Waals surface area contributed by atoms with E-state index in [2.05, 4.69) is 11.8 Å². The van der Waals surface area contributed by atoms with Crippen molar-refractivity contribution in [3.8, 4) is 0 Å². The Kier molecular flexibility index (Phi) is 4.62. The first-order valence-electron chi connectivity index (χ1n) is 7.14. The minimum Gasteiger partial charge on any atom is -0.468 e. The van der Waals surface area contributed by atoms with E-state index < -0.39 is 0 Å². The van der Waals surface area contributed by atoms with Crippen molar-refractivity contribution >= 4 is 5.97 Å². The lowest BCUT2D eigenvalue weighted by Gasteiger charge is -2.49. The maximum absolute atomic E-state index is 11.5. The molecule has 0 radical (unpaired) electrons. The Morgan fingerprint density at radius 1 is 1.50 bits per heavy atom. The Balaban J connectivity index is 1.94. The lowest BCUT2D eigenvalue weighted by atomic mass is 9.73. The molecular weight excluding hydrogens is 230 g/mol. The number of rotatable bonds is 5. The number of carbonyl (C=O) groups excluding carboxylic acids is 1. The van der Waals surface area contributed by atoms with Gasteiger partial charge in [0.1, 0.15) is 0 Å². The highest BCUT2D eigenvalue weighted by Gasteiger charge is 2.43. The van der Waals surface area contributed by atoms with Crippen LogP contribution in [-0.4, -0.2) is 49.3 Å². The van der Waals surface area contributed by atoms with Gasteiger partial charge >= 0.3 is 5.97 Å². The van der Waals surface area contributed by atoms with Gasteiger partial charge < -0.3 is 9.47 Å². The van der Waals surface area contributed by atoms with Crippen molar-refractivity contribution in [2.75, 3.05) is 26.8 Å². The second-order valence-corrected chi connectivity index (χ2v) is 5.58. The fourth-order valence-corrected chi connectivity index (χ4v) is 3.14. The van der Waals surface area contributed by atoms with Crippen LogP contribution in [0.2, 0.25) is 0 Å². The largest absolute Gasteiger partial charge is 0.468 e. The van der Waals surface area contributed by atoms with E-state index in [4.69, 9.17) is 9.47 Å². The van der Waals surface area contributed by atoms with Crippen LogP contribution in [0.25, 0.3) is 0 Å². The minimum absolute atomic E-state index is 0.127. The topological polar surface area (TPSA) is 38.8 Å². The molecule has 1 saturated carbocycles. The van der Waals surface area contributed by atoms with Crippen molar-refractivity contribution in [1.82, 2.24) is 4.90 Å². The first-order valence-corrected chi connectivity index (χ1v) is 7.14. The molecule has 104 valence electrons. The fraction of sp³-hybridized carbons (Fsp3) is 0.929. The van der Waals surface area contributed by atoms with Crippen molar-refractivity contribution in [1.29, 1.82) is 0 Å². The van der Waals surface area contributed by atoms with Crippen LogP contribution in [0.4, 0.5) is 0 Å². The molecule has 1 spiro atoms. The summed E-state index contributed by atoms with van der Waals surface area (Å²) in [6.07, 6.45) is 6.88. The summed E-state index contributed by atoms with van der Waals surface area (Å²) in [5, 5.41) is 0. The third-order valence-corrected chi connectivity index (χ3v) is 4.32. The Morgan fingerprint density at radius 3 is 2.83 bits per heavy atom. The maximum atomic E-state index is 11.5. The fourth-order valence-electron chi connectivity index (χ4n) is 3.14. The molecule has 0 aromatic carbocycles. The van der Waals surface area contributed by atoms with Gasteiger partial charge in [0.15, 0.2) is 0 Å². The Bertz CT molecular complexity index is 289. The van der Waals surface area contributed by atoms with E-state index in [1.807, 2.05) is 0 Å². The first-order chi connectivity index (χ1) is 8.69. The number of hydrogen-bond donors (Lipinski definition) is 0. The molecule has 0 aromatic heterocycles. The molecule has 1 saturated heterocycles. The number of hydrogen-bond acceptors (Lipinski definition) is 4. The first kappa shape index (κ1) is 13.8. The molecular formula is C14H25NO3. The molecule has 0 N–H and O–H groups in total. The van der Waals surface area contributed by atoms with E-state index in [0.29, 0.717) is 12.6 Å². The molecule has 2 aliphatic rings. The lowest BCUT2D eigenvalue weighted by Crippen LogP contribution is -2.53. The quantitative estimate of drug-likeness (QED) is 0.704. The monoisotopic (exact) mass is 255 g/mol. The highest BCUT2D eigenvalue weighted by atomic mass is 16.5. The molecule has 1 aliphatic carbocycles. The normalized spacial score (nSPS) is 26.1. The van der Waals surface area contributed by atoms with Crippen LogP contribution >= 0.6 is 0 Å². The summed E-state index contributed by atoms with van der Waals surface area (Å²) in [5.74, 6) is -0.127. The van der Waals surface area contributed by atoms with Crippen molar-refractivity contribution in [2.45, 2.75) is 57.1 Å². The van der Waals surface area contributed by atoms with Crippen LogP contribution in [0.15, 0.2) is 0 Å². The zero-order valence-electron chi connectivity index (χ0n) is 11.6. The van der Waals surface area contributed by atoms with E-state index in [9.17, 15) is 4.79 Å². The third-order valence-electron chi connectivity index (χ3n) is 4.32. The molecule has 1 heterocycles. The standard InChI is InChI=1S/C14H25NO3/c1-3-8-15(11-13(16)17-2)12-5-9-18-14(10-12)6-4-7-14/h12H,3-11H2,1-2H3. The molecule has 2 fully saturated rings. The Hall–Kier alpha value is -0.610. The molecule has 1 aliphatic heterocycles. The van der Waals surface area contributed by atoms with Gasteiger partial charge in [0.25, 0.3) is 0 Å². The van der Waals surface area contributed by atoms with Gasteiger partial charge in [-0.1, -0.05) is 6.92 Å². The molecule has 4 heteroatoms. The zero-order chi connectivity index (χ0) is 13.0. The summed E-state index contributed by atoms with van der Waals surface area (Å²) >= 11 is 0. The minimum atomic E-state index is -0.127. The SMILES string of the molecule is CCCN(CC(=O)OC)C1CCOC2(CCC2)C1. The summed E-state index contributed by atoms with van der Waals surface area (Å²) in [7, 11) is 1.46. The van der Waals surface area contributed by atoms with E-state index in [1.54, 1.807) is 0 Å². The summed E-state index contributed by atoms with van der Waals surface area (Å²) < 4.78 is 10.7. The Labute approximate surface area is 110 Å². The third kappa shape index (κ3) is 3.04. The van der Waals surface area contributed by atoms with Gasteiger partial charge in [0.2, 0.25) is 0 Å². The maximum Gasteiger partial charge on any atom is 0.319 e. The average molecular weight is 255 g/mol. The van der Waals surface area contributed by atoms with Crippen molar-refractivity contribution in [3.05, 3.63) is 0 Å². The highest BCUT2D eigenvalue weighted by Crippen LogP contribution is 2.43. The molecule has 0 bridgehead atoms. The molecule has 2 rings (SSSR count). The smallest absolute Gasteiger partial charge is 0.319 e. The molecule has 1 atom stereocenters. The number of ether oxygens (including phenoxy) is 2. The second kappa shape index (κ2) is 6.02. The summed E-state index contributed by atoms with van der Waals surface area (Å²) in [6, 6.07) is 0.484. The Morgan fingerprint density at radius 2 is 2.28 bits per heavy atom.